The van der Waals surface area contributed by atoms with E-state index in [1.54, 1.807) is 0 Å². The van der Waals surface area contributed by atoms with E-state index in [-0.39, 0.29) is 0 Å². The second kappa shape index (κ2) is 5.03. The molecule has 3 nitrogen and oxygen atoms in total. The largest absolute Gasteiger partial charge is 0.481 e. The smallest absolute Gasteiger partial charge is 0.305 e. The second-order valence-corrected chi connectivity index (χ2v) is 3.58. The standard InChI is InChI=1S/C10H7ClF2O3/c11-7(4-9(14)15)10(16)6-3-5(12)1-2-8(6)13/h1-3,7H,4H2,(H,14,15). The first-order chi connectivity index (χ1) is 7.41. The Morgan fingerprint density at radius 3 is 2.56 bits per heavy atom. The number of aliphatic carboxylic acids is 1. The van der Waals surface area contributed by atoms with Gasteiger partial charge in [-0.15, -0.1) is 11.6 Å². The van der Waals surface area contributed by atoms with Gasteiger partial charge in [0.05, 0.1) is 12.0 Å². The van der Waals surface area contributed by atoms with Crippen LogP contribution >= 0.6 is 11.6 Å². The molecule has 16 heavy (non-hydrogen) atoms. The molecule has 0 spiro atoms. The number of rotatable bonds is 4. The van der Waals surface area contributed by atoms with Gasteiger partial charge in [-0.3, -0.25) is 9.59 Å². The highest BCUT2D eigenvalue weighted by molar-refractivity contribution is 6.34. The summed E-state index contributed by atoms with van der Waals surface area (Å²) < 4.78 is 25.9. The van der Waals surface area contributed by atoms with Gasteiger partial charge in [-0.1, -0.05) is 0 Å². The third-order valence-electron chi connectivity index (χ3n) is 1.83. The molecular weight excluding hydrogens is 242 g/mol. The van der Waals surface area contributed by atoms with Crippen LogP contribution in [0, 0.1) is 11.6 Å². The van der Waals surface area contributed by atoms with Crippen molar-refractivity contribution in [3.8, 4) is 0 Å². The molecule has 6 heteroatoms. The third-order valence-corrected chi connectivity index (χ3v) is 2.18. The van der Waals surface area contributed by atoms with Crippen LogP contribution < -0.4 is 0 Å². The van der Waals surface area contributed by atoms with Gasteiger partial charge >= 0.3 is 5.97 Å². The lowest BCUT2D eigenvalue weighted by atomic mass is 10.1. The van der Waals surface area contributed by atoms with Crippen molar-refractivity contribution in [2.75, 3.05) is 0 Å². The molecule has 0 amide bonds. The van der Waals surface area contributed by atoms with Gasteiger partial charge in [0.15, 0.2) is 5.78 Å². The fourth-order valence-corrected chi connectivity index (χ4v) is 1.35. The molecule has 0 radical (unpaired) electrons. The molecule has 0 heterocycles. The van der Waals surface area contributed by atoms with Crippen LogP contribution in [0.3, 0.4) is 0 Å². The molecule has 0 saturated heterocycles. The number of hydrogen-bond donors (Lipinski definition) is 1. The summed E-state index contributed by atoms with van der Waals surface area (Å²) in [6, 6.07) is 2.33. The number of carbonyl (C=O) groups is 2. The van der Waals surface area contributed by atoms with Crippen LogP contribution in [0.2, 0.25) is 0 Å². The Hall–Kier alpha value is -1.49. The van der Waals surface area contributed by atoms with Gasteiger partial charge in [0, 0.05) is 0 Å². The number of carboxylic acids is 1. The van der Waals surface area contributed by atoms with Crippen LogP contribution in [0.1, 0.15) is 16.8 Å². The molecule has 1 unspecified atom stereocenters. The zero-order valence-electron chi connectivity index (χ0n) is 7.91. The number of benzene rings is 1. The van der Waals surface area contributed by atoms with Crippen LogP contribution in [0.4, 0.5) is 8.78 Å². The number of alkyl halides is 1. The molecule has 0 saturated carbocycles. The van der Waals surface area contributed by atoms with Crippen LogP contribution in [0.5, 0.6) is 0 Å². The van der Waals surface area contributed by atoms with Crippen LogP contribution in [0.25, 0.3) is 0 Å². The lowest BCUT2D eigenvalue weighted by Crippen LogP contribution is -2.20. The minimum Gasteiger partial charge on any atom is -0.481 e. The number of halogens is 3. The first kappa shape index (κ1) is 12.6. The Labute approximate surface area is 94.6 Å². The summed E-state index contributed by atoms with van der Waals surface area (Å²) in [5.41, 5.74) is -0.541. The summed E-state index contributed by atoms with van der Waals surface area (Å²) >= 11 is 5.47. The van der Waals surface area contributed by atoms with Crippen molar-refractivity contribution < 1.29 is 23.5 Å². The molecule has 0 aliphatic heterocycles. The first-order valence-corrected chi connectivity index (χ1v) is 4.70. The van der Waals surface area contributed by atoms with Gasteiger partial charge in [0.25, 0.3) is 0 Å². The molecule has 0 fully saturated rings. The van der Waals surface area contributed by atoms with Crippen LogP contribution in [-0.2, 0) is 4.79 Å². The highest BCUT2D eigenvalue weighted by Crippen LogP contribution is 2.16. The summed E-state index contributed by atoms with van der Waals surface area (Å²) in [6.45, 7) is 0. The highest BCUT2D eigenvalue weighted by Gasteiger charge is 2.23. The summed E-state index contributed by atoms with van der Waals surface area (Å²) in [7, 11) is 0. The molecule has 1 rings (SSSR count). The lowest BCUT2D eigenvalue weighted by molar-refractivity contribution is -0.136. The van der Waals surface area contributed by atoms with E-state index >= 15 is 0 Å². The molecule has 0 bridgehead atoms. The number of carboxylic acid groups (broad SMARTS) is 1. The van der Waals surface area contributed by atoms with E-state index in [0.29, 0.717) is 6.07 Å². The molecule has 1 atom stereocenters. The molecule has 0 aliphatic carbocycles. The van der Waals surface area contributed by atoms with Gasteiger partial charge < -0.3 is 5.11 Å². The fraction of sp³-hybridized carbons (Fsp3) is 0.200. The van der Waals surface area contributed by atoms with E-state index in [2.05, 4.69) is 0 Å². The SMILES string of the molecule is O=C(O)CC(Cl)C(=O)c1cc(F)ccc1F. The van der Waals surface area contributed by atoms with Gasteiger partial charge in [-0.25, -0.2) is 8.78 Å². The molecule has 86 valence electrons. The van der Waals surface area contributed by atoms with Gasteiger partial charge in [-0.2, -0.15) is 0 Å². The quantitative estimate of drug-likeness (QED) is 0.657. The Balaban J connectivity index is 2.95. The van der Waals surface area contributed by atoms with Crippen molar-refractivity contribution in [1.29, 1.82) is 0 Å². The highest BCUT2D eigenvalue weighted by atomic mass is 35.5. The molecule has 0 aliphatic rings. The molecule has 1 aromatic rings. The fourth-order valence-electron chi connectivity index (χ4n) is 1.10. The maximum absolute atomic E-state index is 13.1. The van der Waals surface area contributed by atoms with Crippen molar-refractivity contribution in [1.82, 2.24) is 0 Å². The van der Waals surface area contributed by atoms with Gasteiger partial charge in [-0.05, 0) is 18.2 Å². The van der Waals surface area contributed by atoms with Crippen molar-refractivity contribution in [3.63, 3.8) is 0 Å². The monoisotopic (exact) mass is 248 g/mol. The van der Waals surface area contributed by atoms with E-state index in [1.807, 2.05) is 0 Å². The number of Topliss-reactive ketones (excluding diaryl/α,β-unsaturated/α-hetero) is 1. The number of ketones is 1. The van der Waals surface area contributed by atoms with E-state index < -0.39 is 40.7 Å². The van der Waals surface area contributed by atoms with Crippen molar-refractivity contribution in [2.24, 2.45) is 0 Å². The second-order valence-electron chi connectivity index (χ2n) is 3.05. The summed E-state index contributed by atoms with van der Waals surface area (Å²) in [4.78, 5) is 21.7. The predicted octanol–water partition coefficient (Wildman–Crippen LogP) is 2.23. The third kappa shape index (κ3) is 3.00. The van der Waals surface area contributed by atoms with Crippen molar-refractivity contribution in [2.45, 2.75) is 11.8 Å². The Bertz CT molecular complexity index is 434. The maximum Gasteiger partial charge on any atom is 0.305 e. The molecule has 1 N–H and O–H groups in total. The average molecular weight is 249 g/mol. The van der Waals surface area contributed by atoms with Crippen LogP contribution in [0.15, 0.2) is 18.2 Å². The van der Waals surface area contributed by atoms with Crippen LogP contribution in [-0.4, -0.2) is 22.2 Å². The Morgan fingerprint density at radius 2 is 2.00 bits per heavy atom. The average Bonchev–Trinajstić information content (AvgIpc) is 2.19. The van der Waals surface area contributed by atoms with Gasteiger partial charge in [0.2, 0.25) is 0 Å². The number of carbonyl (C=O) groups excluding carboxylic acids is 1. The molecular formula is C10H7ClF2O3. The topological polar surface area (TPSA) is 54.4 Å². The maximum atomic E-state index is 13.1. The minimum absolute atomic E-state index is 0.541. The van der Waals surface area contributed by atoms with E-state index in [9.17, 15) is 18.4 Å². The zero-order valence-corrected chi connectivity index (χ0v) is 8.67. The Morgan fingerprint density at radius 1 is 1.38 bits per heavy atom. The zero-order chi connectivity index (χ0) is 12.3. The minimum atomic E-state index is -1.41. The van der Waals surface area contributed by atoms with Crippen molar-refractivity contribution in [3.05, 3.63) is 35.4 Å². The van der Waals surface area contributed by atoms with E-state index in [4.69, 9.17) is 16.7 Å². The summed E-state index contributed by atoms with van der Waals surface area (Å²) in [5, 5.41) is 6.99. The summed E-state index contributed by atoms with van der Waals surface area (Å²) in [5.74, 6) is -3.95. The van der Waals surface area contributed by atoms with E-state index in [0.717, 1.165) is 12.1 Å². The first-order valence-electron chi connectivity index (χ1n) is 4.27. The summed E-state index contributed by atoms with van der Waals surface area (Å²) in [6.07, 6.45) is -0.643. The van der Waals surface area contributed by atoms with E-state index in [1.165, 1.54) is 0 Å². The normalized spacial score (nSPS) is 12.2. The molecule has 0 aromatic heterocycles. The lowest BCUT2D eigenvalue weighted by Gasteiger charge is -2.06. The molecule has 1 aromatic carbocycles. The number of hydrogen-bond acceptors (Lipinski definition) is 2. The van der Waals surface area contributed by atoms with Crippen molar-refractivity contribution >= 4 is 23.4 Å². The van der Waals surface area contributed by atoms with Gasteiger partial charge in [0.1, 0.15) is 17.0 Å². The Kier molecular flexibility index (Phi) is 3.95. The predicted molar refractivity (Wildman–Crippen MR) is 52.6 cm³/mol.